The van der Waals surface area contributed by atoms with Gasteiger partial charge in [-0.1, -0.05) is 6.08 Å². The topological polar surface area (TPSA) is 187 Å². The van der Waals surface area contributed by atoms with Crippen LogP contribution in [0.1, 0.15) is 0 Å². The van der Waals surface area contributed by atoms with Gasteiger partial charge in [0.1, 0.15) is 0 Å². The lowest BCUT2D eigenvalue weighted by molar-refractivity contribution is -0.385. The lowest BCUT2D eigenvalue weighted by Crippen LogP contribution is -2.57. The number of hydrogen-bond acceptors (Lipinski definition) is 9. The summed E-state index contributed by atoms with van der Waals surface area (Å²) >= 11 is 0. The third-order valence-electron chi connectivity index (χ3n) is 4.37. The molecule has 164 valence electrons. The molecule has 0 spiro atoms. The Morgan fingerprint density at radius 1 is 0.806 bits per heavy atom. The van der Waals surface area contributed by atoms with E-state index in [0.29, 0.717) is 8.61 Å². The van der Waals surface area contributed by atoms with Crippen molar-refractivity contribution in [1.29, 1.82) is 0 Å². The first kappa shape index (κ1) is 22.3. The van der Waals surface area contributed by atoms with Crippen molar-refractivity contribution >= 4 is 31.4 Å². The van der Waals surface area contributed by atoms with Gasteiger partial charge in [0, 0.05) is 37.0 Å². The number of rotatable bonds is 6. The predicted octanol–water partition coefficient (Wildman–Crippen LogP) is 0.954. The molecule has 0 aliphatic carbocycles. The summed E-state index contributed by atoms with van der Waals surface area (Å²) < 4.78 is 53.1. The van der Waals surface area contributed by atoms with E-state index in [-0.39, 0.29) is 27.7 Å². The predicted molar refractivity (Wildman–Crippen MR) is 106 cm³/mol. The van der Waals surface area contributed by atoms with Gasteiger partial charge in [-0.15, -0.1) is 0 Å². The Morgan fingerprint density at radius 3 is 1.65 bits per heavy atom. The van der Waals surface area contributed by atoms with E-state index in [2.05, 4.69) is 0 Å². The fourth-order valence-electron chi connectivity index (χ4n) is 2.78. The normalized spacial score (nSPS) is 17.5. The van der Waals surface area contributed by atoms with Crippen LogP contribution < -0.4 is 5.73 Å². The van der Waals surface area contributed by atoms with Gasteiger partial charge in [0.2, 0.25) is 10.0 Å². The molecule has 1 aliphatic heterocycles. The van der Waals surface area contributed by atoms with E-state index in [1.54, 1.807) is 0 Å². The number of non-ortho nitro benzene ring substituents is 2. The van der Waals surface area contributed by atoms with Gasteiger partial charge in [-0.3, -0.25) is 26.0 Å². The number of benzene rings is 2. The maximum atomic E-state index is 13.0. The highest BCUT2D eigenvalue weighted by molar-refractivity contribution is 7.90. The van der Waals surface area contributed by atoms with Crippen LogP contribution in [0.4, 0.5) is 11.4 Å². The molecular weight excluding hydrogens is 454 g/mol. The molecule has 2 N–H and O–H groups in total. The Bertz CT molecular complexity index is 1260. The Labute approximate surface area is 176 Å². The number of nitro benzene ring substituents is 2. The highest BCUT2D eigenvalue weighted by atomic mass is 32.2. The maximum absolute atomic E-state index is 13.0. The molecule has 31 heavy (non-hydrogen) atoms. The second-order valence-electron chi connectivity index (χ2n) is 6.21. The average Bonchev–Trinajstić information content (AvgIpc) is 2.73. The molecule has 0 fully saturated rings. The summed E-state index contributed by atoms with van der Waals surface area (Å²) in [6, 6.07) is 8.07. The first-order valence-electron chi connectivity index (χ1n) is 8.43. The molecule has 1 atom stereocenters. The van der Waals surface area contributed by atoms with Gasteiger partial charge in [0.25, 0.3) is 21.4 Å². The van der Waals surface area contributed by atoms with E-state index in [1.165, 1.54) is 6.08 Å². The largest absolute Gasteiger partial charge is 0.297 e. The van der Waals surface area contributed by atoms with Crippen LogP contribution in [0, 0.1) is 20.2 Å². The third-order valence-corrected chi connectivity index (χ3v) is 7.98. The van der Waals surface area contributed by atoms with Crippen molar-refractivity contribution < 1.29 is 26.7 Å². The molecule has 0 radical (unpaired) electrons. The van der Waals surface area contributed by atoms with Gasteiger partial charge in [0.05, 0.1) is 19.6 Å². The van der Waals surface area contributed by atoms with Gasteiger partial charge in [-0.25, -0.2) is 21.1 Å². The molecule has 0 bridgehead atoms. The van der Waals surface area contributed by atoms with E-state index < -0.39 is 36.2 Å². The minimum Gasteiger partial charge on any atom is -0.297 e. The Balaban J connectivity index is 1.93. The number of sulfonamides is 2. The average molecular weight is 469 g/mol. The van der Waals surface area contributed by atoms with Gasteiger partial charge in [0.15, 0.2) is 6.29 Å². The summed E-state index contributed by atoms with van der Waals surface area (Å²) in [4.78, 5) is 19.5. The molecule has 1 heterocycles. The molecule has 3 rings (SSSR count). The van der Waals surface area contributed by atoms with Crippen molar-refractivity contribution in [2.75, 3.05) is 6.54 Å². The minimum atomic E-state index is -4.34. The zero-order valence-corrected chi connectivity index (χ0v) is 17.1. The third kappa shape index (κ3) is 4.11. The molecule has 15 heteroatoms. The lowest BCUT2D eigenvalue weighted by Gasteiger charge is -2.37. The summed E-state index contributed by atoms with van der Waals surface area (Å²) in [5, 5.41) is 21.5. The van der Waals surface area contributed by atoms with Gasteiger partial charge < -0.3 is 0 Å². The molecule has 2 aromatic carbocycles. The summed E-state index contributed by atoms with van der Waals surface area (Å²) in [5.74, 6) is 0. The summed E-state index contributed by atoms with van der Waals surface area (Å²) in [7, 11) is -8.65. The quantitative estimate of drug-likeness (QED) is 0.474. The van der Waals surface area contributed by atoms with E-state index in [4.69, 9.17) is 5.73 Å². The fourth-order valence-corrected chi connectivity index (χ4v) is 5.62. The van der Waals surface area contributed by atoms with Gasteiger partial charge >= 0.3 is 0 Å². The second-order valence-corrected chi connectivity index (χ2v) is 9.94. The molecule has 2 aromatic rings. The Morgan fingerprint density at radius 2 is 1.23 bits per heavy atom. The van der Waals surface area contributed by atoms with Crippen LogP contribution in [0.25, 0.3) is 0 Å². The van der Waals surface area contributed by atoms with Gasteiger partial charge in [-0.2, -0.15) is 4.31 Å². The lowest BCUT2D eigenvalue weighted by atomic mass is 10.3. The van der Waals surface area contributed by atoms with Crippen LogP contribution >= 0.6 is 0 Å². The summed E-state index contributed by atoms with van der Waals surface area (Å²) in [5.41, 5.74) is 5.32. The molecular formula is C16H15N5O8S2. The van der Waals surface area contributed by atoms with Crippen LogP contribution in [0.15, 0.2) is 70.6 Å². The first-order valence-corrected chi connectivity index (χ1v) is 11.3. The second kappa shape index (κ2) is 8.03. The van der Waals surface area contributed by atoms with Crippen molar-refractivity contribution in [1.82, 2.24) is 8.61 Å². The Hall–Kier alpha value is -3.40. The van der Waals surface area contributed by atoms with Crippen LogP contribution in [-0.2, 0) is 20.0 Å². The van der Waals surface area contributed by atoms with E-state index in [9.17, 15) is 37.1 Å². The number of nitrogens with zero attached hydrogens (tertiary/aromatic N) is 4. The smallest absolute Gasteiger partial charge is 0.269 e. The number of hydrogen-bond donors (Lipinski definition) is 1. The van der Waals surface area contributed by atoms with Crippen LogP contribution in [-0.4, -0.2) is 48.1 Å². The van der Waals surface area contributed by atoms with Crippen molar-refractivity contribution in [2.45, 2.75) is 16.1 Å². The first-order chi connectivity index (χ1) is 14.5. The van der Waals surface area contributed by atoms with Crippen molar-refractivity contribution in [3.63, 3.8) is 0 Å². The molecule has 0 aromatic heterocycles. The minimum absolute atomic E-state index is 0.243. The monoisotopic (exact) mass is 469 g/mol. The van der Waals surface area contributed by atoms with E-state index >= 15 is 0 Å². The number of nitrogens with two attached hydrogens (primary N) is 1. The van der Waals surface area contributed by atoms with Crippen LogP contribution in [0.5, 0.6) is 0 Å². The summed E-state index contributed by atoms with van der Waals surface area (Å²) in [6.07, 6.45) is 0.698. The highest BCUT2D eigenvalue weighted by Crippen LogP contribution is 2.27. The SMILES string of the molecule is NC1N(S(=O)(=O)c2ccc([N+](=O)[O-])cc2)C=CCN1S(=O)(=O)c1ccc([N+](=O)[O-])cc1. The highest BCUT2D eigenvalue weighted by Gasteiger charge is 2.39. The van der Waals surface area contributed by atoms with E-state index in [0.717, 1.165) is 54.7 Å². The molecule has 0 saturated carbocycles. The van der Waals surface area contributed by atoms with Gasteiger partial charge in [-0.05, 0) is 24.3 Å². The van der Waals surface area contributed by atoms with Crippen LogP contribution in [0.2, 0.25) is 0 Å². The molecule has 0 amide bonds. The molecule has 13 nitrogen and oxygen atoms in total. The Kier molecular flexibility index (Phi) is 5.77. The van der Waals surface area contributed by atoms with Crippen molar-refractivity contribution in [3.05, 3.63) is 81.0 Å². The molecule has 1 aliphatic rings. The number of nitro groups is 2. The zero-order chi connectivity index (χ0) is 23.0. The molecule has 1 unspecified atom stereocenters. The van der Waals surface area contributed by atoms with Crippen molar-refractivity contribution in [3.8, 4) is 0 Å². The fraction of sp³-hybridized carbons (Fsp3) is 0.125. The standard InChI is InChI=1S/C16H15N5O8S2/c17-16-18(30(26,27)14-6-2-12(3-7-14)20(22)23)10-1-11-19(16)31(28,29)15-8-4-13(5-9-15)21(24)25/h1-10,16H,11,17H2. The van der Waals surface area contributed by atoms with E-state index in [1.807, 2.05) is 0 Å². The summed E-state index contributed by atoms with van der Waals surface area (Å²) in [6.45, 7) is -0.243. The van der Waals surface area contributed by atoms with Crippen LogP contribution in [0.3, 0.4) is 0 Å². The molecule has 0 saturated heterocycles. The zero-order valence-electron chi connectivity index (χ0n) is 15.5. The van der Waals surface area contributed by atoms with Crippen molar-refractivity contribution in [2.24, 2.45) is 5.73 Å². The maximum Gasteiger partial charge on any atom is 0.269 e.